The molecule has 1 aliphatic rings. The highest BCUT2D eigenvalue weighted by Gasteiger charge is 2.11. The van der Waals surface area contributed by atoms with E-state index in [0.29, 0.717) is 6.54 Å². The molecule has 6 heteroatoms. The van der Waals surface area contributed by atoms with E-state index in [2.05, 4.69) is 76.1 Å². The van der Waals surface area contributed by atoms with Crippen LogP contribution in [0.4, 0.5) is 0 Å². The Labute approximate surface area is 185 Å². The Hall–Kier alpha value is -3.12. The molecule has 2 N–H and O–H groups in total. The van der Waals surface area contributed by atoms with Gasteiger partial charge in [0.1, 0.15) is 0 Å². The third kappa shape index (κ3) is 6.18. The number of aromatic nitrogens is 2. The Bertz CT molecular complexity index is 939. The molecule has 31 heavy (non-hydrogen) atoms. The molecule has 1 saturated heterocycles. The fraction of sp³-hybridized carbons (Fsp3) is 0.360. The molecule has 0 spiro atoms. The third-order valence-electron chi connectivity index (χ3n) is 5.56. The minimum Gasteiger partial charge on any atom is -0.357 e. The van der Waals surface area contributed by atoms with Gasteiger partial charge >= 0.3 is 0 Å². The van der Waals surface area contributed by atoms with Crippen LogP contribution in [0.15, 0.2) is 72.0 Å². The van der Waals surface area contributed by atoms with Crippen LogP contribution >= 0.6 is 0 Å². The van der Waals surface area contributed by atoms with Gasteiger partial charge in [-0.25, -0.2) is 9.67 Å². The van der Waals surface area contributed by atoms with Crippen LogP contribution in [0.1, 0.15) is 36.5 Å². The Morgan fingerprint density at radius 3 is 2.32 bits per heavy atom. The lowest BCUT2D eigenvalue weighted by Gasteiger charge is -2.15. The molecule has 1 fully saturated rings. The maximum Gasteiger partial charge on any atom is 0.191 e. The highest BCUT2D eigenvalue weighted by Crippen LogP contribution is 2.13. The molecular formula is C25H32N6. The first-order chi connectivity index (χ1) is 15.3. The number of benzene rings is 2. The Kier molecular flexibility index (Phi) is 7.34. The van der Waals surface area contributed by atoms with Gasteiger partial charge in [-0.15, -0.1) is 0 Å². The minimum absolute atomic E-state index is 0.628. The second-order valence-corrected chi connectivity index (χ2v) is 7.97. The first-order valence-electron chi connectivity index (χ1n) is 11.2. The normalized spacial score (nSPS) is 14.7. The van der Waals surface area contributed by atoms with Gasteiger partial charge in [-0.05, 0) is 67.7 Å². The zero-order chi connectivity index (χ0) is 21.3. The number of nitrogens with one attached hydrogen (secondary N) is 2. The van der Waals surface area contributed by atoms with Gasteiger partial charge in [0.2, 0.25) is 0 Å². The van der Waals surface area contributed by atoms with Gasteiger partial charge < -0.3 is 10.6 Å². The first kappa shape index (κ1) is 21.1. The number of aliphatic imine (C=N–C) groups is 1. The van der Waals surface area contributed by atoms with Gasteiger partial charge in [0, 0.05) is 32.0 Å². The van der Waals surface area contributed by atoms with Gasteiger partial charge in [-0.1, -0.05) is 36.4 Å². The lowest BCUT2D eigenvalue weighted by Crippen LogP contribution is -2.36. The van der Waals surface area contributed by atoms with Crippen molar-refractivity contribution in [3.63, 3.8) is 0 Å². The van der Waals surface area contributed by atoms with E-state index in [1.54, 1.807) is 6.20 Å². The van der Waals surface area contributed by atoms with E-state index in [-0.39, 0.29) is 0 Å². The van der Waals surface area contributed by atoms with Crippen molar-refractivity contribution >= 4 is 5.96 Å². The Morgan fingerprint density at radius 2 is 1.65 bits per heavy atom. The van der Waals surface area contributed by atoms with E-state index in [1.807, 2.05) is 16.9 Å². The van der Waals surface area contributed by atoms with Crippen LogP contribution in [0.3, 0.4) is 0 Å². The van der Waals surface area contributed by atoms with Crippen LogP contribution in [0.25, 0.3) is 5.69 Å². The molecule has 0 amide bonds. The molecule has 162 valence electrons. The summed E-state index contributed by atoms with van der Waals surface area (Å²) in [4.78, 5) is 7.28. The molecule has 6 nitrogen and oxygen atoms in total. The Morgan fingerprint density at radius 1 is 0.935 bits per heavy atom. The summed E-state index contributed by atoms with van der Waals surface area (Å²) >= 11 is 0. The van der Waals surface area contributed by atoms with E-state index in [9.17, 15) is 0 Å². The molecule has 0 aliphatic carbocycles. The molecule has 0 unspecified atom stereocenters. The van der Waals surface area contributed by atoms with Crippen molar-refractivity contribution in [3.05, 3.63) is 83.7 Å². The zero-order valence-corrected chi connectivity index (χ0v) is 18.3. The molecule has 1 aromatic heterocycles. The molecule has 0 atom stereocenters. The van der Waals surface area contributed by atoms with E-state index < -0.39 is 0 Å². The molecule has 4 rings (SSSR count). The summed E-state index contributed by atoms with van der Waals surface area (Å²) in [6.45, 7) is 7.84. The Balaban J connectivity index is 1.30. The van der Waals surface area contributed by atoms with E-state index in [0.717, 1.165) is 31.3 Å². The topological polar surface area (TPSA) is 57.5 Å². The third-order valence-corrected chi connectivity index (χ3v) is 5.56. The van der Waals surface area contributed by atoms with Crippen LogP contribution < -0.4 is 10.6 Å². The van der Waals surface area contributed by atoms with Crippen LogP contribution in [-0.2, 0) is 19.6 Å². The number of guanidine groups is 1. The van der Waals surface area contributed by atoms with Gasteiger partial charge in [0.15, 0.2) is 5.96 Å². The average molecular weight is 417 g/mol. The highest BCUT2D eigenvalue weighted by atomic mass is 15.3. The van der Waals surface area contributed by atoms with Crippen molar-refractivity contribution in [2.75, 3.05) is 19.6 Å². The average Bonchev–Trinajstić information content (AvgIpc) is 3.52. The van der Waals surface area contributed by atoms with Crippen LogP contribution in [0, 0.1) is 0 Å². The quantitative estimate of drug-likeness (QED) is 0.434. The zero-order valence-electron chi connectivity index (χ0n) is 18.3. The molecular weight excluding hydrogens is 384 g/mol. The summed E-state index contributed by atoms with van der Waals surface area (Å²) in [5.41, 5.74) is 4.87. The number of nitrogens with zero attached hydrogens (tertiary/aromatic N) is 4. The lowest BCUT2D eigenvalue weighted by molar-refractivity contribution is 0.331. The highest BCUT2D eigenvalue weighted by molar-refractivity contribution is 5.79. The molecule has 2 aromatic carbocycles. The lowest BCUT2D eigenvalue weighted by atomic mass is 10.1. The molecule has 0 radical (unpaired) electrons. The van der Waals surface area contributed by atoms with Crippen LogP contribution in [-0.4, -0.2) is 40.3 Å². The van der Waals surface area contributed by atoms with Crippen molar-refractivity contribution in [1.29, 1.82) is 0 Å². The summed E-state index contributed by atoms with van der Waals surface area (Å²) in [5.74, 6) is 0.833. The fourth-order valence-corrected chi connectivity index (χ4v) is 3.83. The monoisotopic (exact) mass is 416 g/mol. The first-order valence-corrected chi connectivity index (χ1v) is 11.2. The van der Waals surface area contributed by atoms with Gasteiger partial charge in [-0.3, -0.25) is 4.90 Å². The number of hydrogen-bond acceptors (Lipinski definition) is 3. The minimum atomic E-state index is 0.628. The maximum atomic E-state index is 4.74. The van der Waals surface area contributed by atoms with Crippen LogP contribution in [0.2, 0.25) is 0 Å². The molecule has 3 aromatic rings. The predicted octanol–water partition coefficient (Wildman–Crippen LogP) is 3.72. The molecule has 0 saturated carbocycles. The van der Waals surface area contributed by atoms with E-state index >= 15 is 0 Å². The fourth-order valence-electron chi connectivity index (χ4n) is 3.83. The summed E-state index contributed by atoms with van der Waals surface area (Å²) in [6.07, 6.45) is 6.40. The summed E-state index contributed by atoms with van der Waals surface area (Å²) in [5, 5.41) is 11.0. The second kappa shape index (κ2) is 10.8. The van der Waals surface area contributed by atoms with E-state index in [1.165, 1.54) is 42.6 Å². The SMILES string of the molecule is CCNC(=NCc1ccc(-n2cccn2)cc1)NCc1ccc(CN2CCCC2)cc1. The van der Waals surface area contributed by atoms with Crippen molar-refractivity contribution in [3.8, 4) is 5.69 Å². The standard InChI is InChI=1S/C25H32N6/c1-2-26-25(28-19-22-10-12-24(13-11-22)31-17-5-14-29-31)27-18-21-6-8-23(9-7-21)20-30-15-3-4-16-30/h5-14,17H,2-4,15-16,18-20H2,1H3,(H2,26,27,28). The number of hydrogen-bond donors (Lipinski definition) is 2. The maximum absolute atomic E-state index is 4.74. The van der Waals surface area contributed by atoms with Crippen molar-refractivity contribution in [2.24, 2.45) is 4.99 Å². The van der Waals surface area contributed by atoms with Gasteiger partial charge in [-0.2, -0.15) is 5.10 Å². The molecule has 0 bridgehead atoms. The van der Waals surface area contributed by atoms with E-state index in [4.69, 9.17) is 4.99 Å². The van der Waals surface area contributed by atoms with Gasteiger partial charge in [0.25, 0.3) is 0 Å². The van der Waals surface area contributed by atoms with Crippen LogP contribution in [0.5, 0.6) is 0 Å². The largest absolute Gasteiger partial charge is 0.357 e. The molecule has 1 aliphatic heterocycles. The predicted molar refractivity (Wildman–Crippen MR) is 126 cm³/mol. The number of rotatable bonds is 8. The van der Waals surface area contributed by atoms with Gasteiger partial charge in [0.05, 0.1) is 12.2 Å². The van der Waals surface area contributed by atoms with Crippen molar-refractivity contribution in [1.82, 2.24) is 25.3 Å². The second-order valence-electron chi connectivity index (χ2n) is 7.97. The smallest absolute Gasteiger partial charge is 0.191 e. The summed E-state index contributed by atoms with van der Waals surface area (Å²) in [7, 11) is 0. The molecule has 2 heterocycles. The summed E-state index contributed by atoms with van der Waals surface area (Å²) in [6, 6.07) is 19.2. The summed E-state index contributed by atoms with van der Waals surface area (Å²) < 4.78 is 1.86. The number of likely N-dealkylation sites (tertiary alicyclic amines) is 1. The van der Waals surface area contributed by atoms with Crippen molar-refractivity contribution < 1.29 is 0 Å². The van der Waals surface area contributed by atoms with Crippen molar-refractivity contribution in [2.45, 2.75) is 39.4 Å².